The van der Waals surface area contributed by atoms with Crippen molar-refractivity contribution in [2.75, 3.05) is 13.2 Å². The molecule has 1 heterocycles. The molecule has 1 spiro atoms. The molecule has 1 saturated heterocycles. The highest BCUT2D eigenvalue weighted by atomic mass is 16.5. The maximum Gasteiger partial charge on any atom is 0.326 e. The topological polar surface area (TPSA) is 105 Å². The summed E-state index contributed by atoms with van der Waals surface area (Å²) in [6, 6.07) is 7.06. The Bertz CT molecular complexity index is 814. The van der Waals surface area contributed by atoms with Crippen LogP contribution >= 0.6 is 0 Å². The largest absolute Gasteiger partial charge is 0.454 e. The second-order valence-electron chi connectivity index (χ2n) is 7.95. The summed E-state index contributed by atoms with van der Waals surface area (Å²) < 4.78 is 4.95. The molecule has 4 amide bonds. The van der Waals surface area contributed by atoms with Gasteiger partial charge in [0.1, 0.15) is 12.1 Å². The summed E-state index contributed by atoms with van der Waals surface area (Å²) in [5.74, 6) is -1.10. The van der Waals surface area contributed by atoms with E-state index in [0.29, 0.717) is 25.3 Å². The first-order valence-corrected chi connectivity index (χ1v) is 9.92. The summed E-state index contributed by atoms with van der Waals surface area (Å²) in [5.41, 5.74) is 1.13. The van der Waals surface area contributed by atoms with Crippen molar-refractivity contribution in [1.82, 2.24) is 15.5 Å². The molecule has 2 fully saturated rings. The van der Waals surface area contributed by atoms with Crippen LogP contribution in [0.4, 0.5) is 4.79 Å². The lowest BCUT2D eigenvalue weighted by atomic mass is 9.77. The van der Waals surface area contributed by atoms with Crippen LogP contribution in [0.5, 0.6) is 0 Å². The number of aryl methyl sites for hydroxylation is 1. The first kappa shape index (κ1) is 20.8. The molecule has 156 valence electrons. The normalized spacial score (nSPS) is 23.8. The molecule has 8 heteroatoms. The third-order valence-electron chi connectivity index (χ3n) is 5.76. The number of nitrogens with zero attached hydrogens (tertiary/aromatic N) is 1. The molecule has 2 aliphatic rings. The number of urea groups is 1. The van der Waals surface area contributed by atoms with Gasteiger partial charge in [-0.1, -0.05) is 31.2 Å². The molecule has 1 aromatic rings. The maximum absolute atomic E-state index is 12.7. The highest BCUT2D eigenvalue weighted by Crippen LogP contribution is 2.36. The van der Waals surface area contributed by atoms with Crippen LogP contribution < -0.4 is 10.6 Å². The zero-order chi connectivity index (χ0) is 21.0. The highest BCUT2D eigenvalue weighted by molar-refractivity contribution is 6.08. The lowest BCUT2D eigenvalue weighted by Crippen LogP contribution is -2.49. The molecule has 3 rings (SSSR count). The smallest absolute Gasteiger partial charge is 0.326 e. The van der Waals surface area contributed by atoms with Gasteiger partial charge in [-0.3, -0.25) is 19.3 Å². The highest BCUT2D eigenvalue weighted by Gasteiger charge is 2.52. The molecule has 1 saturated carbocycles. The van der Waals surface area contributed by atoms with E-state index in [2.05, 4.69) is 17.6 Å². The Balaban J connectivity index is 1.45. The molecule has 8 nitrogen and oxygen atoms in total. The number of benzene rings is 1. The van der Waals surface area contributed by atoms with Gasteiger partial charge >= 0.3 is 12.0 Å². The minimum atomic E-state index is -0.894. The van der Waals surface area contributed by atoms with Crippen molar-refractivity contribution in [2.24, 2.45) is 5.92 Å². The maximum atomic E-state index is 12.7. The number of carbonyl (C=O) groups excluding carboxylic acids is 4. The monoisotopic (exact) mass is 401 g/mol. The summed E-state index contributed by atoms with van der Waals surface area (Å²) in [5, 5.41) is 5.44. The molecule has 1 aromatic carbocycles. The fraction of sp³-hybridized carbons (Fsp3) is 0.524. The van der Waals surface area contributed by atoms with Crippen LogP contribution in [0.25, 0.3) is 0 Å². The molecule has 0 atom stereocenters. The number of nitrogens with one attached hydrogen (secondary N) is 2. The molecule has 0 unspecified atom stereocenters. The van der Waals surface area contributed by atoms with Gasteiger partial charge in [0.25, 0.3) is 11.8 Å². The first-order valence-electron chi connectivity index (χ1n) is 9.92. The number of amides is 4. The van der Waals surface area contributed by atoms with E-state index in [1.807, 2.05) is 31.2 Å². The Kier molecular flexibility index (Phi) is 6.20. The first-order chi connectivity index (χ1) is 13.8. The minimum Gasteiger partial charge on any atom is -0.454 e. The average Bonchev–Trinajstić information content (AvgIpc) is 2.92. The third-order valence-corrected chi connectivity index (χ3v) is 5.76. The van der Waals surface area contributed by atoms with Crippen molar-refractivity contribution in [3.8, 4) is 0 Å². The van der Waals surface area contributed by atoms with Crippen molar-refractivity contribution in [2.45, 2.75) is 51.6 Å². The predicted octanol–water partition coefficient (Wildman–Crippen LogP) is 1.66. The van der Waals surface area contributed by atoms with Crippen LogP contribution in [0.3, 0.4) is 0 Å². The second-order valence-corrected chi connectivity index (χ2v) is 7.95. The molecule has 0 aromatic heterocycles. The number of ether oxygens (including phenoxy) is 1. The number of carbonyl (C=O) groups is 4. The van der Waals surface area contributed by atoms with Crippen molar-refractivity contribution >= 4 is 23.8 Å². The summed E-state index contributed by atoms with van der Waals surface area (Å²) in [6.45, 7) is 3.44. The van der Waals surface area contributed by atoms with Crippen LogP contribution in [0.1, 0.15) is 43.7 Å². The van der Waals surface area contributed by atoms with Crippen LogP contribution in [-0.2, 0) is 25.7 Å². The fourth-order valence-corrected chi connectivity index (χ4v) is 3.79. The van der Waals surface area contributed by atoms with Crippen molar-refractivity contribution in [3.05, 3.63) is 35.4 Å². The van der Waals surface area contributed by atoms with E-state index in [9.17, 15) is 19.2 Å². The van der Waals surface area contributed by atoms with Crippen molar-refractivity contribution in [1.29, 1.82) is 0 Å². The standard InChI is InChI=1S/C21H27N3O5/c1-14-7-9-21(10-8-14)19(27)24(20(28)23-21)12-18(26)29-13-17(25)22-11-16-6-4-3-5-15(16)2/h3-6,14H,7-13H2,1-2H3,(H,22,25)(H,23,28). The summed E-state index contributed by atoms with van der Waals surface area (Å²) >= 11 is 0. The number of imide groups is 1. The number of hydrogen-bond acceptors (Lipinski definition) is 5. The Morgan fingerprint density at radius 3 is 2.62 bits per heavy atom. The Morgan fingerprint density at radius 1 is 1.24 bits per heavy atom. The molecule has 1 aliphatic heterocycles. The van der Waals surface area contributed by atoms with Gasteiger partial charge in [0, 0.05) is 6.54 Å². The van der Waals surface area contributed by atoms with Gasteiger partial charge in [0.05, 0.1) is 0 Å². The van der Waals surface area contributed by atoms with Gasteiger partial charge in [0.15, 0.2) is 6.61 Å². The molecule has 29 heavy (non-hydrogen) atoms. The van der Waals surface area contributed by atoms with Crippen molar-refractivity contribution < 1.29 is 23.9 Å². The van der Waals surface area contributed by atoms with E-state index in [4.69, 9.17) is 4.74 Å². The van der Waals surface area contributed by atoms with E-state index in [0.717, 1.165) is 28.9 Å². The van der Waals surface area contributed by atoms with Crippen LogP contribution in [0.15, 0.2) is 24.3 Å². The second kappa shape index (κ2) is 8.63. The van der Waals surface area contributed by atoms with Gasteiger partial charge in [-0.25, -0.2) is 4.79 Å². The van der Waals surface area contributed by atoms with Gasteiger partial charge in [-0.05, 0) is 49.7 Å². The minimum absolute atomic E-state index is 0.330. The predicted molar refractivity (Wildman–Crippen MR) is 105 cm³/mol. The van der Waals surface area contributed by atoms with Crippen LogP contribution in [-0.4, -0.2) is 47.4 Å². The summed E-state index contributed by atoms with van der Waals surface area (Å²) in [6.07, 6.45) is 2.86. The zero-order valence-corrected chi connectivity index (χ0v) is 16.8. The van der Waals surface area contributed by atoms with Crippen molar-refractivity contribution in [3.63, 3.8) is 0 Å². The van der Waals surface area contributed by atoms with Crippen LogP contribution in [0.2, 0.25) is 0 Å². The van der Waals surface area contributed by atoms with E-state index in [1.165, 1.54) is 0 Å². The van der Waals surface area contributed by atoms with Gasteiger partial charge in [0.2, 0.25) is 0 Å². The Morgan fingerprint density at radius 2 is 1.93 bits per heavy atom. The van der Waals surface area contributed by atoms with Gasteiger partial charge < -0.3 is 15.4 Å². The zero-order valence-electron chi connectivity index (χ0n) is 16.8. The lowest BCUT2D eigenvalue weighted by Gasteiger charge is -2.33. The van der Waals surface area contributed by atoms with E-state index in [1.54, 1.807) is 0 Å². The van der Waals surface area contributed by atoms with E-state index >= 15 is 0 Å². The molecular weight excluding hydrogens is 374 g/mol. The van der Waals surface area contributed by atoms with E-state index in [-0.39, 0.29) is 5.91 Å². The van der Waals surface area contributed by atoms with Gasteiger partial charge in [-0.2, -0.15) is 0 Å². The van der Waals surface area contributed by atoms with E-state index < -0.39 is 36.6 Å². The number of rotatable bonds is 6. The quantitative estimate of drug-likeness (QED) is 0.557. The third kappa shape index (κ3) is 4.75. The average molecular weight is 401 g/mol. The molecule has 2 N–H and O–H groups in total. The lowest BCUT2D eigenvalue weighted by molar-refractivity contribution is -0.151. The molecule has 0 bridgehead atoms. The number of hydrogen-bond donors (Lipinski definition) is 2. The molecule has 0 radical (unpaired) electrons. The molecule has 1 aliphatic carbocycles. The summed E-state index contributed by atoms with van der Waals surface area (Å²) in [7, 11) is 0. The number of esters is 1. The fourth-order valence-electron chi connectivity index (χ4n) is 3.79. The Hall–Kier alpha value is -2.90. The summed E-state index contributed by atoms with van der Waals surface area (Å²) in [4.78, 5) is 49.8. The van der Waals surface area contributed by atoms with Crippen LogP contribution in [0, 0.1) is 12.8 Å². The SMILES string of the molecule is Cc1ccccc1CNC(=O)COC(=O)CN1C(=O)NC2(CCC(C)CC2)C1=O. The van der Waals surface area contributed by atoms with Gasteiger partial charge in [-0.15, -0.1) is 0 Å². The molecular formula is C21H27N3O5. The Labute approximate surface area is 170 Å².